The van der Waals surface area contributed by atoms with Crippen LogP contribution in [0.3, 0.4) is 0 Å². The predicted octanol–water partition coefficient (Wildman–Crippen LogP) is 3.60. The van der Waals surface area contributed by atoms with Gasteiger partial charge in [-0.1, -0.05) is 37.5 Å². The monoisotopic (exact) mass is 369 g/mol. The van der Waals surface area contributed by atoms with Gasteiger partial charge in [0.2, 0.25) is 5.91 Å². The maximum atomic E-state index is 11.9. The standard InChI is InChI=1S/C20H27N5O2/c26-20-14-18(16-10-4-5-11-17(16)21-20)27-13-7-6-12-19-22-23-24-25(19)15-8-2-1-3-9-15/h4-5,10-11,15,18H,1-3,6-9,12-14H2,(H,21,26). The lowest BCUT2D eigenvalue weighted by molar-refractivity contribution is -0.119. The second-order valence-electron chi connectivity index (χ2n) is 7.49. The van der Waals surface area contributed by atoms with Crippen molar-refractivity contribution in [2.24, 2.45) is 0 Å². The average Bonchev–Trinajstić information content (AvgIpc) is 3.16. The quantitative estimate of drug-likeness (QED) is 0.754. The summed E-state index contributed by atoms with van der Waals surface area (Å²) in [6.07, 6.45) is 9.25. The molecule has 0 saturated heterocycles. The number of tetrazole rings is 1. The molecule has 2 aliphatic rings. The van der Waals surface area contributed by atoms with Gasteiger partial charge in [0.25, 0.3) is 0 Å². The highest BCUT2D eigenvalue weighted by Gasteiger charge is 2.25. The summed E-state index contributed by atoms with van der Waals surface area (Å²) in [6, 6.07) is 8.33. The number of carbonyl (C=O) groups is 1. The molecule has 27 heavy (non-hydrogen) atoms. The summed E-state index contributed by atoms with van der Waals surface area (Å²) < 4.78 is 8.07. The Morgan fingerprint density at radius 1 is 1.15 bits per heavy atom. The van der Waals surface area contributed by atoms with Crippen molar-refractivity contribution in [1.82, 2.24) is 20.2 Å². The summed E-state index contributed by atoms with van der Waals surface area (Å²) in [5.41, 5.74) is 1.93. The van der Waals surface area contributed by atoms with Gasteiger partial charge in [-0.25, -0.2) is 4.68 Å². The first-order valence-electron chi connectivity index (χ1n) is 10.1. The van der Waals surface area contributed by atoms with Crippen LogP contribution in [-0.2, 0) is 16.0 Å². The maximum absolute atomic E-state index is 11.9. The number of benzene rings is 1. The van der Waals surface area contributed by atoms with E-state index in [9.17, 15) is 4.79 Å². The van der Waals surface area contributed by atoms with E-state index in [-0.39, 0.29) is 12.0 Å². The van der Waals surface area contributed by atoms with E-state index >= 15 is 0 Å². The van der Waals surface area contributed by atoms with E-state index in [1.165, 1.54) is 32.1 Å². The van der Waals surface area contributed by atoms with Gasteiger partial charge in [0, 0.05) is 24.3 Å². The number of anilines is 1. The van der Waals surface area contributed by atoms with Crippen LogP contribution in [-0.4, -0.2) is 32.7 Å². The fourth-order valence-corrected chi connectivity index (χ4v) is 4.12. The van der Waals surface area contributed by atoms with E-state index in [1.54, 1.807) is 0 Å². The van der Waals surface area contributed by atoms with Gasteiger partial charge in [0.05, 0.1) is 18.6 Å². The number of aryl methyl sites for hydroxylation is 1. The molecule has 0 radical (unpaired) electrons. The fraction of sp³-hybridized carbons (Fsp3) is 0.600. The number of fused-ring (bicyclic) bond motifs is 1. The summed E-state index contributed by atoms with van der Waals surface area (Å²) in [5, 5.41) is 15.2. The maximum Gasteiger partial charge on any atom is 0.227 e. The minimum absolute atomic E-state index is 0.0189. The Balaban J connectivity index is 1.25. The van der Waals surface area contributed by atoms with E-state index in [0.717, 1.165) is 36.3 Å². The van der Waals surface area contributed by atoms with Crippen molar-refractivity contribution in [1.29, 1.82) is 0 Å². The summed E-state index contributed by atoms with van der Waals surface area (Å²) >= 11 is 0. The first-order valence-corrected chi connectivity index (χ1v) is 10.1. The Labute approximate surface area is 159 Å². The SMILES string of the molecule is O=C1CC(OCCCCc2nnnn2C2CCCCC2)c2ccccc2N1. The van der Waals surface area contributed by atoms with Gasteiger partial charge >= 0.3 is 0 Å². The van der Waals surface area contributed by atoms with Crippen LogP contribution < -0.4 is 5.32 Å². The average molecular weight is 369 g/mol. The van der Waals surface area contributed by atoms with Crippen molar-refractivity contribution < 1.29 is 9.53 Å². The van der Waals surface area contributed by atoms with Crippen LogP contribution in [0.15, 0.2) is 24.3 Å². The molecule has 4 rings (SSSR count). The third-order valence-electron chi connectivity index (χ3n) is 5.55. The lowest BCUT2D eigenvalue weighted by Gasteiger charge is -2.25. The van der Waals surface area contributed by atoms with Crippen LogP contribution in [0.1, 0.15) is 74.9 Å². The lowest BCUT2D eigenvalue weighted by atomic mass is 9.95. The molecule has 1 aromatic carbocycles. The molecule has 1 aliphatic carbocycles. The number of hydrogen-bond donors (Lipinski definition) is 1. The van der Waals surface area contributed by atoms with Gasteiger partial charge in [-0.3, -0.25) is 4.79 Å². The van der Waals surface area contributed by atoms with E-state index in [0.29, 0.717) is 19.1 Å². The van der Waals surface area contributed by atoms with Gasteiger partial charge in [-0.2, -0.15) is 0 Å². The molecule has 2 aromatic rings. The number of carbonyl (C=O) groups excluding carboxylic acids is 1. The van der Waals surface area contributed by atoms with Crippen LogP contribution in [0.4, 0.5) is 5.69 Å². The molecule has 7 nitrogen and oxygen atoms in total. The number of unbranched alkanes of at least 4 members (excludes halogenated alkanes) is 1. The van der Waals surface area contributed by atoms with Gasteiger partial charge in [0.15, 0.2) is 5.82 Å². The molecular formula is C20H27N5O2. The van der Waals surface area contributed by atoms with Crippen LogP contribution in [0.5, 0.6) is 0 Å². The van der Waals surface area contributed by atoms with Crippen LogP contribution in [0.2, 0.25) is 0 Å². The molecule has 1 saturated carbocycles. The number of ether oxygens (including phenoxy) is 1. The van der Waals surface area contributed by atoms with E-state index in [2.05, 4.69) is 20.8 Å². The molecule has 0 bridgehead atoms. The van der Waals surface area contributed by atoms with Crippen molar-refractivity contribution in [3.63, 3.8) is 0 Å². The molecule has 1 aliphatic heterocycles. The molecule has 144 valence electrons. The molecule has 1 aromatic heterocycles. The number of hydrogen-bond acceptors (Lipinski definition) is 5. The van der Waals surface area contributed by atoms with Crippen molar-refractivity contribution >= 4 is 11.6 Å². The Bertz CT molecular complexity index is 769. The third kappa shape index (κ3) is 4.35. The zero-order valence-electron chi connectivity index (χ0n) is 15.6. The predicted molar refractivity (Wildman–Crippen MR) is 101 cm³/mol. The Morgan fingerprint density at radius 3 is 2.89 bits per heavy atom. The Kier molecular flexibility index (Phi) is 5.77. The smallest absolute Gasteiger partial charge is 0.227 e. The van der Waals surface area contributed by atoms with E-state index in [4.69, 9.17) is 4.74 Å². The Morgan fingerprint density at radius 2 is 2.00 bits per heavy atom. The van der Waals surface area contributed by atoms with Gasteiger partial charge in [-0.15, -0.1) is 5.10 Å². The Hall–Kier alpha value is -2.28. The number of aromatic nitrogens is 4. The second kappa shape index (κ2) is 8.61. The van der Waals surface area contributed by atoms with E-state index < -0.39 is 0 Å². The molecule has 1 unspecified atom stereocenters. The molecular weight excluding hydrogens is 342 g/mol. The van der Waals surface area contributed by atoms with E-state index in [1.807, 2.05) is 28.9 Å². The number of nitrogens with one attached hydrogen (secondary N) is 1. The first-order chi connectivity index (χ1) is 13.3. The van der Waals surface area contributed by atoms with Crippen LogP contribution >= 0.6 is 0 Å². The molecule has 7 heteroatoms. The van der Waals surface area contributed by atoms with Crippen molar-refractivity contribution in [2.75, 3.05) is 11.9 Å². The molecule has 2 heterocycles. The molecule has 1 fully saturated rings. The number of amides is 1. The molecule has 0 spiro atoms. The van der Waals surface area contributed by atoms with Crippen molar-refractivity contribution in [2.45, 2.75) is 69.9 Å². The highest BCUT2D eigenvalue weighted by molar-refractivity contribution is 5.94. The normalized spacial score (nSPS) is 20.3. The highest BCUT2D eigenvalue weighted by atomic mass is 16.5. The summed E-state index contributed by atoms with van der Waals surface area (Å²) in [7, 11) is 0. The lowest BCUT2D eigenvalue weighted by Crippen LogP contribution is -2.24. The third-order valence-corrected chi connectivity index (χ3v) is 5.55. The number of para-hydroxylation sites is 1. The largest absolute Gasteiger partial charge is 0.373 e. The summed E-state index contributed by atoms with van der Waals surface area (Å²) in [4.78, 5) is 11.9. The fourth-order valence-electron chi connectivity index (χ4n) is 4.12. The number of nitrogens with zero attached hydrogens (tertiary/aromatic N) is 4. The topological polar surface area (TPSA) is 81.9 Å². The minimum Gasteiger partial charge on any atom is -0.373 e. The molecule has 1 atom stereocenters. The van der Waals surface area contributed by atoms with Gasteiger partial charge in [-0.05, 0) is 42.2 Å². The van der Waals surface area contributed by atoms with Crippen LogP contribution in [0.25, 0.3) is 0 Å². The zero-order chi connectivity index (χ0) is 18.5. The van der Waals surface area contributed by atoms with Gasteiger partial charge in [0.1, 0.15) is 0 Å². The molecule has 1 N–H and O–H groups in total. The summed E-state index contributed by atoms with van der Waals surface area (Å²) in [5.74, 6) is 1.01. The highest BCUT2D eigenvalue weighted by Crippen LogP contribution is 2.33. The summed E-state index contributed by atoms with van der Waals surface area (Å²) in [6.45, 7) is 0.636. The van der Waals surface area contributed by atoms with Crippen LogP contribution in [0, 0.1) is 0 Å². The van der Waals surface area contributed by atoms with Crippen molar-refractivity contribution in [3.8, 4) is 0 Å². The second-order valence-corrected chi connectivity index (χ2v) is 7.49. The van der Waals surface area contributed by atoms with Crippen molar-refractivity contribution in [3.05, 3.63) is 35.7 Å². The minimum atomic E-state index is -0.150. The number of rotatable bonds is 7. The molecule has 1 amide bonds. The van der Waals surface area contributed by atoms with Gasteiger partial charge < -0.3 is 10.1 Å². The first kappa shape index (κ1) is 18.1. The zero-order valence-corrected chi connectivity index (χ0v) is 15.6.